The van der Waals surface area contributed by atoms with Crippen molar-refractivity contribution in [1.29, 1.82) is 0 Å². The number of aromatic nitrogens is 2. The van der Waals surface area contributed by atoms with Crippen LogP contribution in [0, 0.1) is 5.82 Å². The zero-order valence-corrected chi connectivity index (χ0v) is 19.1. The smallest absolute Gasteiger partial charge is 0.230 e. The van der Waals surface area contributed by atoms with E-state index in [0.29, 0.717) is 10.9 Å². The van der Waals surface area contributed by atoms with E-state index in [4.69, 9.17) is 0 Å². The van der Waals surface area contributed by atoms with Crippen LogP contribution >= 0.6 is 23.1 Å². The molecular weight excluding hydrogens is 443 g/mol. The molecule has 0 atom stereocenters. The van der Waals surface area contributed by atoms with Crippen molar-refractivity contribution >= 4 is 49.3 Å². The fraction of sp³-hybridized carbons (Fsp3) is 0.292. The van der Waals surface area contributed by atoms with Crippen LogP contribution in [-0.4, -0.2) is 45.7 Å². The fourth-order valence-electron chi connectivity index (χ4n) is 4.14. The van der Waals surface area contributed by atoms with Gasteiger partial charge in [0.15, 0.2) is 0 Å². The van der Waals surface area contributed by atoms with Crippen LogP contribution in [0.5, 0.6) is 0 Å². The van der Waals surface area contributed by atoms with Gasteiger partial charge in [-0.25, -0.2) is 14.4 Å². The molecule has 0 saturated carbocycles. The molecule has 0 aliphatic carbocycles. The number of piperidine rings is 1. The standard InChI is InChI=1S/C24H23FN4OS2/c25-18-7-4-8-19-21(18)22-23(32-19)24(27-15-26-22)31-14-20(30)28-17-9-11-29(12-10-17)13-16-5-2-1-3-6-16/h1-8,15,17H,9-14H2,(H,28,30). The third-order valence-corrected chi connectivity index (χ3v) is 8.01. The number of thioether (sulfide) groups is 1. The fourth-order valence-corrected chi connectivity index (χ4v) is 6.20. The van der Waals surface area contributed by atoms with Gasteiger partial charge in [-0.1, -0.05) is 48.2 Å². The zero-order valence-electron chi connectivity index (χ0n) is 17.5. The van der Waals surface area contributed by atoms with Crippen molar-refractivity contribution in [2.24, 2.45) is 0 Å². The van der Waals surface area contributed by atoms with Gasteiger partial charge < -0.3 is 5.32 Å². The molecule has 5 rings (SSSR count). The molecule has 5 nitrogen and oxygen atoms in total. The largest absolute Gasteiger partial charge is 0.353 e. The quantitative estimate of drug-likeness (QED) is 0.325. The molecule has 0 spiro atoms. The maximum absolute atomic E-state index is 14.3. The number of nitrogens with zero attached hydrogens (tertiary/aromatic N) is 3. The van der Waals surface area contributed by atoms with Crippen molar-refractivity contribution in [2.45, 2.75) is 30.5 Å². The van der Waals surface area contributed by atoms with Crippen LogP contribution in [0.3, 0.4) is 0 Å². The Balaban J connectivity index is 1.16. The van der Waals surface area contributed by atoms with E-state index in [2.05, 4.69) is 44.5 Å². The summed E-state index contributed by atoms with van der Waals surface area (Å²) in [7, 11) is 0. The van der Waals surface area contributed by atoms with Crippen molar-refractivity contribution in [3.63, 3.8) is 0 Å². The van der Waals surface area contributed by atoms with Crippen molar-refractivity contribution in [2.75, 3.05) is 18.8 Å². The highest BCUT2D eigenvalue weighted by Gasteiger charge is 2.21. The summed E-state index contributed by atoms with van der Waals surface area (Å²) < 4.78 is 16.0. The number of thiophene rings is 1. The summed E-state index contributed by atoms with van der Waals surface area (Å²) in [5.74, 6) is 0.0166. The summed E-state index contributed by atoms with van der Waals surface area (Å²) in [6.45, 7) is 2.91. The number of rotatable bonds is 6. The predicted molar refractivity (Wildman–Crippen MR) is 128 cm³/mol. The number of benzene rings is 2. The maximum atomic E-state index is 14.3. The van der Waals surface area contributed by atoms with Crippen molar-refractivity contribution in [3.8, 4) is 0 Å². The second kappa shape index (κ2) is 9.52. The van der Waals surface area contributed by atoms with Gasteiger partial charge in [0.1, 0.15) is 17.2 Å². The SMILES string of the molecule is O=C(CSc1ncnc2c1sc1cccc(F)c12)NC1CCN(Cc2ccccc2)CC1. The Labute approximate surface area is 194 Å². The van der Waals surface area contributed by atoms with Crippen molar-refractivity contribution in [1.82, 2.24) is 20.2 Å². The molecule has 3 heterocycles. The lowest BCUT2D eigenvalue weighted by molar-refractivity contribution is -0.119. The number of fused-ring (bicyclic) bond motifs is 3. The minimum atomic E-state index is -0.278. The van der Waals surface area contributed by atoms with Crippen LogP contribution in [0.4, 0.5) is 4.39 Å². The highest BCUT2D eigenvalue weighted by atomic mass is 32.2. The zero-order chi connectivity index (χ0) is 21.9. The molecule has 1 saturated heterocycles. The van der Waals surface area contributed by atoms with E-state index in [-0.39, 0.29) is 23.5 Å². The summed E-state index contributed by atoms with van der Waals surface area (Å²) >= 11 is 2.85. The first-order valence-corrected chi connectivity index (χ1v) is 12.5. The van der Waals surface area contributed by atoms with E-state index in [9.17, 15) is 9.18 Å². The molecule has 0 radical (unpaired) electrons. The molecule has 1 aliphatic rings. The number of hydrogen-bond donors (Lipinski definition) is 1. The number of carbonyl (C=O) groups excluding carboxylic acids is 1. The van der Waals surface area contributed by atoms with Gasteiger partial charge in [-0.2, -0.15) is 0 Å². The van der Waals surface area contributed by atoms with E-state index < -0.39 is 0 Å². The number of hydrogen-bond acceptors (Lipinski definition) is 6. The lowest BCUT2D eigenvalue weighted by Crippen LogP contribution is -2.44. The van der Waals surface area contributed by atoms with E-state index in [1.54, 1.807) is 6.07 Å². The molecule has 1 N–H and O–H groups in total. The molecule has 1 fully saturated rings. The minimum Gasteiger partial charge on any atom is -0.353 e. The number of nitrogens with one attached hydrogen (secondary N) is 1. The highest BCUT2D eigenvalue weighted by Crippen LogP contribution is 2.38. The van der Waals surface area contributed by atoms with Crippen LogP contribution < -0.4 is 5.32 Å². The molecule has 0 unspecified atom stereocenters. The van der Waals surface area contributed by atoms with Gasteiger partial charge in [-0.3, -0.25) is 9.69 Å². The molecule has 32 heavy (non-hydrogen) atoms. The Hall–Kier alpha value is -2.55. The highest BCUT2D eigenvalue weighted by molar-refractivity contribution is 8.00. The molecule has 0 bridgehead atoms. The molecule has 2 aromatic heterocycles. The molecule has 1 aliphatic heterocycles. The van der Waals surface area contributed by atoms with Gasteiger partial charge in [-0.05, 0) is 30.5 Å². The summed E-state index contributed by atoms with van der Waals surface area (Å²) in [4.78, 5) is 23.7. The maximum Gasteiger partial charge on any atom is 0.230 e. The second-order valence-corrected chi connectivity index (χ2v) is 9.98. The summed E-state index contributed by atoms with van der Waals surface area (Å²) in [6.07, 6.45) is 3.36. The van der Waals surface area contributed by atoms with E-state index in [1.165, 1.54) is 41.1 Å². The van der Waals surface area contributed by atoms with Gasteiger partial charge in [0.05, 0.1) is 21.4 Å². The number of halogens is 1. The van der Waals surface area contributed by atoms with Gasteiger partial charge in [0.25, 0.3) is 0 Å². The van der Waals surface area contributed by atoms with Crippen LogP contribution in [-0.2, 0) is 11.3 Å². The number of carbonyl (C=O) groups is 1. The topological polar surface area (TPSA) is 58.1 Å². The molecule has 4 aromatic rings. The van der Waals surface area contributed by atoms with Crippen LogP contribution in [0.1, 0.15) is 18.4 Å². The second-order valence-electron chi connectivity index (χ2n) is 7.96. The van der Waals surface area contributed by atoms with E-state index in [1.807, 2.05) is 12.1 Å². The molecule has 8 heteroatoms. The summed E-state index contributed by atoms with van der Waals surface area (Å²) in [5.41, 5.74) is 1.94. The van der Waals surface area contributed by atoms with Gasteiger partial charge in [0.2, 0.25) is 5.91 Å². The minimum absolute atomic E-state index is 0.00978. The average Bonchev–Trinajstić information content (AvgIpc) is 3.20. The van der Waals surface area contributed by atoms with E-state index >= 15 is 0 Å². The Morgan fingerprint density at radius 2 is 1.94 bits per heavy atom. The third-order valence-electron chi connectivity index (χ3n) is 5.74. The normalized spacial score (nSPS) is 15.4. The third kappa shape index (κ3) is 4.62. The molecule has 2 aromatic carbocycles. The Kier molecular flexibility index (Phi) is 6.34. The van der Waals surface area contributed by atoms with Crippen molar-refractivity contribution in [3.05, 3.63) is 66.2 Å². The number of amides is 1. The number of likely N-dealkylation sites (tertiary alicyclic amines) is 1. The lowest BCUT2D eigenvalue weighted by Gasteiger charge is -2.32. The van der Waals surface area contributed by atoms with Gasteiger partial charge in [-0.15, -0.1) is 11.3 Å². The monoisotopic (exact) mass is 466 g/mol. The van der Waals surface area contributed by atoms with Crippen molar-refractivity contribution < 1.29 is 9.18 Å². The summed E-state index contributed by atoms with van der Waals surface area (Å²) in [5, 5.41) is 4.43. The van der Waals surface area contributed by atoms with E-state index in [0.717, 1.165) is 46.9 Å². The Morgan fingerprint density at radius 3 is 2.75 bits per heavy atom. The first-order chi connectivity index (χ1) is 15.7. The molecular formula is C24H23FN4OS2. The Morgan fingerprint density at radius 1 is 1.12 bits per heavy atom. The summed E-state index contributed by atoms with van der Waals surface area (Å²) in [6, 6.07) is 15.7. The van der Waals surface area contributed by atoms with Crippen LogP contribution in [0.2, 0.25) is 0 Å². The average molecular weight is 467 g/mol. The van der Waals surface area contributed by atoms with Crippen LogP contribution in [0.15, 0.2) is 59.9 Å². The molecule has 1 amide bonds. The molecule has 164 valence electrons. The first-order valence-electron chi connectivity index (χ1n) is 10.7. The lowest BCUT2D eigenvalue weighted by atomic mass is 10.0. The van der Waals surface area contributed by atoms with Gasteiger partial charge in [0, 0.05) is 30.4 Å². The van der Waals surface area contributed by atoms with Gasteiger partial charge >= 0.3 is 0 Å². The Bertz CT molecular complexity index is 1240. The van der Waals surface area contributed by atoms with Crippen LogP contribution in [0.25, 0.3) is 20.3 Å². The predicted octanol–water partition coefficient (Wildman–Crippen LogP) is 4.86. The first kappa shape index (κ1) is 21.3.